The number of halogens is 1. The Balaban J connectivity index is 1.31. The van der Waals surface area contributed by atoms with Crippen molar-refractivity contribution in [3.8, 4) is 11.4 Å². The van der Waals surface area contributed by atoms with Crippen molar-refractivity contribution in [3.63, 3.8) is 0 Å². The summed E-state index contributed by atoms with van der Waals surface area (Å²) in [4.78, 5) is 35.2. The molecule has 0 radical (unpaired) electrons. The highest BCUT2D eigenvalue weighted by molar-refractivity contribution is 6.30. The normalized spacial score (nSPS) is 15.2. The molecule has 4 aromatic rings. The lowest BCUT2D eigenvalue weighted by molar-refractivity contribution is -0.143. The minimum atomic E-state index is -0.321. The summed E-state index contributed by atoms with van der Waals surface area (Å²) in [7, 11) is 0. The molecular weight excluding hydrogens is 512 g/mol. The molecule has 1 aliphatic rings. The topological polar surface area (TPSA) is 79.5 Å². The Morgan fingerprint density at radius 1 is 0.923 bits per heavy atom. The summed E-state index contributed by atoms with van der Waals surface area (Å²) in [6.45, 7) is 0.955. The molecule has 0 N–H and O–H groups in total. The second-order valence-electron chi connectivity index (χ2n) is 9.78. The van der Waals surface area contributed by atoms with Gasteiger partial charge >= 0.3 is 0 Å². The number of amides is 2. The van der Waals surface area contributed by atoms with Crippen LogP contribution in [0.4, 0.5) is 0 Å². The average Bonchev–Trinajstić information content (AvgIpc) is 3.47. The lowest BCUT2D eigenvalue weighted by atomic mass is 10.0. The summed E-state index contributed by atoms with van der Waals surface area (Å²) >= 11 is 6.01. The summed E-state index contributed by atoms with van der Waals surface area (Å²) in [6, 6.07) is 26.6. The Kier molecular flexibility index (Phi) is 8.68. The fourth-order valence-electron chi connectivity index (χ4n) is 4.92. The van der Waals surface area contributed by atoms with Crippen LogP contribution in [0.25, 0.3) is 11.4 Å². The van der Waals surface area contributed by atoms with Crippen LogP contribution in [0, 0.1) is 0 Å². The molecule has 1 atom stereocenters. The molecule has 0 aliphatic carbocycles. The van der Waals surface area contributed by atoms with E-state index >= 15 is 0 Å². The highest BCUT2D eigenvalue weighted by atomic mass is 35.5. The van der Waals surface area contributed by atoms with E-state index in [9.17, 15) is 9.59 Å². The van der Waals surface area contributed by atoms with Crippen molar-refractivity contribution < 1.29 is 14.1 Å². The SMILES string of the molecule is O=C(CCc1ccccc1)N(CC(=O)N1CCCCC1c1nc(-c2ccc(Cl)cc2)no1)Cc1ccccc1. The van der Waals surface area contributed by atoms with Gasteiger partial charge in [-0.1, -0.05) is 77.4 Å². The minimum absolute atomic E-state index is 0.00278. The molecule has 200 valence electrons. The van der Waals surface area contributed by atoms with Crippen molar-refractivity contribution in [1.29, 1.82) is 0 Å². The maximum Gasteiger partial charge on any atom is 0.249 e. The van der Waals surface area contributed by atoms with Crippen LogP contribution in [0.1, 0.15) is 48.7 Å². The Hall–Kier alpha value is -3.97. The number of carbonyl (C=O) groups excluding carboxylic acids is 2. The van der Waals surface area contributed by atoms with Crippen LogP contribution in [0.3, 0.4) is 0 Å². The largest absolute Gasteiger partial charge is 0.337 e. The zero-order valence-corrected chi connectivity index (χ0v) is 22.5. The van der Waals surface area contributed by atoms with Gasteiger partial charge in [-0.3, -0.25) is 9.59 Å². The lowest BCUT2D eigenvalue weighted by Crippen LogP contribution is -2.46. The van der Waals surface area contributed by atoms with Crippen LogP contribution in [-0.4, -0.2) is 44.8 Å². The Morgan fingerprint density at radius 2 is 1.62 bits per heavy atom. The third-order valence-electron chi connectivity index (χ3n) is 7.02. The third kappa shape index (κ3) is 6.92. The molecule has 2 heterocycles. The second kappa shape index (κ2) is 12.7. The molecule has 0 spiro atoms. The van der Waals surface area contributed by atoms with Gasteiger partial charge in [0.1, 0.15) is 12.6 Å². The van der Waals surface area contributed by atoms with Crippen LogP contribution in [0.2, 0.25) is 5.02 Å². The number of aryl methyl sites for hydroxylation is 1. The van der Waals surface area contributed by atoms with Crippen LogP contribution in [0.15, 0.2) is 89.5 Å². The van der Waals surface area contributed by atoms with Gasteiger partial charge in [0.25, 0.3) is 0 Å². The highest BCUT2D eigenvalue weighted by Gasteiger charge is 2.33. The van der Waals surface area contributed by atoms with E-state index in [0.29, 0.717) is 42.7 Å². The van der Waals surface area contributed by atoms with E-state index in [-0.39, 0.29) is 24.4 Å². The van der Waals surface area contributed by atoms with E-state index in [1.54, 1.807) is 21.9 Å². The molecule has 0 saturated carbocycles. The number of rotatable bonds is 9. The molecule has 8 heteroatoms. The van der Waals surface area contributed by atoms with Crippen molar-refractivity contribution in [2.24, 2.45) is 0 Å². The molecular formula is C31H31ClN4O3. The van der Waals surface area contributed by atoms with Gasteiger partial charge in [0, 0.05) is 30.1 Å². The molecule has 7 nitrogen and oxygen atoms in total. The lowest BCUT2D eigenvalue weighted by Gasteiger charge is -2.35. The standard InChI is InChI=1S/C31H31ClN4O3/c32-26-17-15-25(16-18-26)30-33-31(39-34-30)27-13-7-8-20-36(27)29(38)22-35(21-24-11-5-2-6-12-24)28(37)19-14-23-9-3-1-4-10-23/h1-6,9-12,15-18,27H,7-8,13-14,19-22H2. The van der Waals surface area contributed by atoms with Crippen molar-refractivity contribution in [2.45, 2.75) is 44.7 Å². The van der Waals surface area contributed by atoms with E-state index in [0.717, 1.165) is 36.0 Å². The van der Waals surface area contributed by atoms with E-state index in [2.05, 4.69) is 10.1 Å². The van der Waals surface area contributed by atoms with Crippen LogP contribution in [0.5, 0.6) is 0 Å². The van der Waals surface area contributed by atoms with E-state index in [4.69, 9.17) is 16.1 Å². The van der Waals surface area contributed by atoms with Gasteiger partial charge in [0.2, 0.25) is 23.5 Å². The van der Waals surface area contributed by atoms with Crippen LogP contribution in [-0.2, 0) is 22.6 Å². The van der Waals surface area contributed by atoms with E-state index in [1.165, 1.54) is 0 Å². The first-order valence-corrected chi connectivity index (χ1v) is 13.7. The van der Waals surface area contributed by atoms with Gasteiger partial charge in [-0.2, -0.15) is 4.98 Å². The van der Waals surface area contributed by atoms with Crippen molar-refractivity contribution in [3.05, 3.63) is 107 Å². The second-order valence-corrected chi connectivity index (χ2v) is 10.2. The molecule has 1 unspecified atom stereocenters. The van der Waals surface area contributed by atoms with Gasteiger partial charge < -0.3 is 14.3 Å². The maximum absolute atomic E-state index is 13.7. The first kappa shape index (κ1) is 26.6. The molecule has 0 bridgehead atoms. The van der Waals surface area contributed by atoms with E-state index in [1.807, 2.05) is 72.8 Å². The molecule has 1 aliphatic heterocycles. The third-order valence-corrected chi connectivity index (χ3v) is 7.27. The fraction of sp³-hybridized carbons (Fsp3) is 0.290. The van der Waals surface area contributed by atoms with E-state index < -0.39 is 0 Å². The van der Waals surface area contributed by atoms with Crippen molar-refractivity contribution in [2.75, 3.05) is 13.1 Å². The van der Waals surface area contributed by atoms with Gasteiger partial charge in [0.15, 0.2) is 0 Å². The smallest absolute Gasteiger partial charge is 0.249 e. The van der Waals surface area contributed by atoms with Gasteiger partial charge in [-0.15, -0.1) is 0 Å². The monoisotopic (exact) mass is 542 g/mol. The quantitative estimate of drug-likeness (QED) is 0.255. The molecule has 39 heavy (non-hydrogen) atoms. The predicted octanol–water partition coefficient (Wildman–Crippen LogP) is 6.11. The van der Waals surface area contributed by atoms with Gasteiger partial charge in [-0.25, -0.2) is 0 Å². The zero-order valence-electron chi connectivity index (χ0n) is 21.7. The molecule has 3 aromatic carbocycles. The summed E-state index contributed by atoms with van der Waals surface area (Å²) < 4.78 is 5.64. The molecule has 1 fully saturated rings. The highest BCUT2D eigenvalue weighted by Crippen LogP contribution is 2.31. The Bertz CT molecular complexity index is 1380. The summed E-state index contributed by atoms with van der Waals surface area (Å²) in [5.74, 6) is 0.710. The number of hydrogen-bond acceptors (Lipinski definition) is 5. The van der Waals surface area contributed by atoms with Gasteiger partial charge in [-0.05, 0) is 61.1 Å². The number of likely N-dealkylation sites (tertiary alicyclic amines) is 1. The summed E-state index contributed by atoms with van der Waals surface area (Å²) in [6.07, 6.45) is 3.54. The first-order valence-electron chi connectivity index (χ1n) is 13.3. The van der Waals surface area contributed by atoms with Gasteiger partial charge in [0.05, 0.1) is 0 Å². The molecule has 1 saturated heterocycles. The fourth-order valence-corrected chi connectivity index (χ4v) is 5.04. The van der Waals surface area contributed by atoms with Crippen molar-refractivity contribution >= 4 is 23.4 Å². The number of benzene rings is 3. The first-order chi connectivity index (χ1) is 19.1. The molecule has 2 amide bonds. The minimum Gasteiger partial charge on any atom is -0.337 e. The number of aromatic nitrogens is 2. The Morgan fingerprint density at radius 3 is 2.33 bits per heavy atom. The number of hydrogen-bond donors (Lipinski definition) is 0. The van der Waals surface area contributed by atoms with Crippen molar-refractivity contribution in [1.82, 2.24) is 19.9 Å². The number of carbonyl (C=O) groups is 2. The van der Waals surface area contributed by atoms with Crippen LogP contribution >= 0.6 is 11.6 Å². The molecule has 1 aromatic heterocycles. The number of nitrogens with zero attached hydrogens (tertiary/aromatic N) is 4. The summed E-state index contributed by atoms with van der Waals surface area (Å²) in [5, 5.41) is 4.78. The molecule has 5 rings (SSSR count). The zero-order chi connectivity index (χ0) is 27.0. The average molecular weight is 543 g/mol. The van der Waals surface area contributed by atoms with Crippen LogP contribution < -0.4 is 0 Å². The maximum atomic E-state index is 13.7. The Labute approximate surface area is 233 Å². The number of piperidine rings is 1. The summed E-state index contributed by atoms with van der Waals surface area (Å²) in [5.41, 5.74) is 2.88. The predicted molar refractivity (Wildman–Crippen MR) is 150 cm³/mol.